The van der Waals surface area contributed by atoms with Crippen LogP contribution in [0.25, 0.3) is 0 Å². The van der Waals surface area contributed by atoms with E-state index >= 15 is 0 Å². The molecule has 0 atom stereocenters. The fourth-order valence-corrected chi connectivity index (χ4v) is 3.81. The number of hydrogen-bond acceptors (Lipinski definition) is 4. The van der Waals surface area contributed by atoms with Crippen LogP contribution in [0.2, 0.25) is 0 Å². The molecule has 2 rings (SSSR count). The number of benzene rings is 1. The molecule has 0 radical (unpaired) electrons. The number of nitrogens with one attached hydrogen (secondary N) is 1. The fourth-order valence-electron chi connectivity index (χ4n) is 3.81. The number of nitrogens with zero attached hydrogens (tertiary/aromatic N) is 1. The second-order valence-electron chi connectivity index (χ2n) is 7.36. The number of carbonyl (C=O) groups excluding carboxylic acids is 1. The van der Waals surface area contributed by atoms with Crippen molar-refractivity contribution in [3.8, 4) is 5.75 Å². The van der Waals surface area contributed by atoms with Crippen LogP contribution in [-0.4, -0.2) is 43.6 Å². The monoisotopic (exact) mass is 361 g/mol. The van der Waals surface area contributed by atoms with Crippen LogP contribution in [0.4, 0.5) is 5.69 Å². The van der Waals surface area contributed by atoms with Crippen LogP contribution >= 0.6 is 0 Å². The molecule has 1 saturated carbocycles. The highest BCUT2D eigenvalue weighted by Crippen LogP contribution is 2.38. The van der Waals surface area contributed by atoms with Gasteiger partial charge in [-0.15, -0.1) is 0 Å². The van der Waals surface area contributed by atoms with Gasteiger partial charge in [0.25, 0.3) is 0 Å². The number of rotatable bonds is 10. The van der Waals surface area contributed by atoms with Crippen LogP contribution in [0.15, 0.2) is 24.3 Å². The highest BCUT2D eigenvalue weighted by atomic mass is 16.5. The van der Waals surface area contributed by atoms with E-state index < -0.39 is 0 Å². The van der Waals surface area contributed by atoms with E-state index in [-0.39, 0.29) is 11.3 Å². The SMILES string of the molecule is CCN(CC)CCOc1ccccc1NC(=O)CC1(CN)CCCCC1. The number of likely N-dealkylation sites (N-methyl/N-ethyl adjacent to an activating group) is 1. The van der Waals surface area contributed by atoms with E-state index in [1.165, 1.54) is 19.3 Å². The maximum absolute atomic E-state index is 12.6. The Kier molecular flexibility index (Phi) is 8.39. The van der Waals surface area contributed by atoms with Gasteiger partial charge >= 0.3 is 0 Å². The van der Waals surface area contributed by atoms with E-state index in [1.807, 2.05) is 24.3 Å². The molecule has 146 valence electrons. The van der Waals surface area contributed by atoms with Gasteiger partial charge in [0, 0.05) is 13.0 Å². The number of anilines is 1. The summed E-state index contributed by atoms with van der Waals surface area (Å²) >= 11 is 0. The zero-order valence-electron chi connectivity index (χ0n) is 16.4. The van der Waals surface area contributed by atoms with Gasteiger partial charge in [-0.3, -0.25) is 4.79 Å². The van der Waals surface area contributed by atoms with Crippen LogP contribution < -0.4 is 15.8 Å². The molecule has 5 heteroatoms. The minimum atomic E-state index is -0.0269. The predicted molar refractivity (Wildman–Crippen MR) is 108 cm³/mol. The van der Waals surface area contributed by atoms with Crippen LogP contribution in [-0.2, 0) is 4.79 Å². The van der Waals surface area contributed by atoms with Gasteiger partial charge in [-0.1, -0.05) is 45.2 Å². The number of ether oxygens (including phenoxy) is 1. The molecule has 0 aliphatic heterocycles. The Hall–Kier alpha value is -1.59. The summed E-state index contributed by atoms with van der Waals surface area (Å²) in [5.74, 6) is 0.774. The first-order valence-corrected chi connectivity index (χ1v) is 10.1. The molecule has 1 fully saturated rings. The first-order valence-electron chi connectivity index (χ1n) is 10.1. The van der Waals surface area contributed by atoms with Gasteiger partial charge in [0.2, 0.25) is 5.91 Å². The molecule has 0 unspecified atom stereocenters. The first-order chi connectivity index (χ1) is 12.6. The highest BCUT2D eigenvalue weighted by molar-refractivity contribution is 5.92. The van der Waals surface area contributed by atoms with Gasteiger partial charge < -0.3 is 20.7 Å². The average Bonchev–Trinajstić information content (AvgIpc) is 2.67. The van der Waals surface area contributed by atoms with E-state index in [2.05, 4.69) is 24.1 Å². The Morgan fingerprint density at radius 1 is 1.19 bits per heavy atom. The van der Waals surface area contributed by atoms with Crippen molar-refractivity contribution in [2.24, 2.45) is 11.1 Å². The summed E-state index contributed by atoms with van der Waals surface area (Å²) in [6.45, 7) is 8.40. The zero-order valence-corrected chi connectivity index (χ0v) is 16.4. The van der Waals surface area contributed by atoms with Gasteiger partial charge in [0.1, 0.15) is 12.4 Å². The Bertz CT molecular complexity index is 552. The third-order valence-electron chi connectivity index (χ3n) is 5.60. The molecular formula is C21H35N3O2. The molecule has 1 aromatic rings. The Balaban J connectivity index is 1.93. The second-order valence-corrected chi connectivity index (χ2v) is 7.36. The van der Waals surface area contributed by atoms with Crippen molar-refractivity contribution in [1.29, 1.82) is 0 Å². The van der Waals surface area contributed by atoms with Gasteiger partial charge in [-0.25, -0.2) is 0 Å². The molecule has 0 saturated heterocycles. The fraction of sp³-hybridized carbons (Fsp3) is 0.667. The minimum Gasteiger partial charge on any atom is -0.490 e. The second kappa shape index (κ2) is 10.5. The number of carbonyl (C=O) groups is 1. The Labute approximate surface area is 158 Å². The summed E-state index contributed by atoms with van der Waals surface area (Å²) < 4.78 is 5.93. The van der Waals surface area contributed by atoms with Crippen molar-refractivity contribution < 1.29 is 9.53 Å². The zero-order chi connectivity index (χ0) is 18.8. The standard InChI is InChI=1S/C21H35N3O2/c1-3-24(4-2)14-15-26-19-11-7-6-10-18(19)23-20(25)16-21(17-22)12-8-5-9-13-21/h6-7,10-11H,3-5,8-9,12-17,22H2,1-2H3,(H,23,25). The van der Waals surface area contributed by atoms with Crippen molar-refractivity contribution in [3.05, 3.63) is 24.3 Å². The van der Waals surface area contributed by atoms with Crippen LogP contribution in [0.1, 0.15) is 52.4 Å². The maximum Gasteiger partial charge on any atom is 0.225 e. The summed E-state index contributed by atoms with van der Waals surface area (Å²) in [4.78, 5) is 15.0. The normalized spacial score (nSPS) is 16.5. The van der Waals surface area contributed by atoms with Crippen molar-refractivity contribution in [2.75, 3.05) is 38.1 Å². The molecule has 0 bridgehead atoms. The molecule has 0 aromatic heterocycles. The summed E-state index contributed by atoms with van der Waals surface area (Å²) in [5, 5.41) is 3.05. The molecule has 0 heterocycles. The van der Waals surface area contributed by atoms with E-state index in [0.29, 0.717) is 19.6 Å². The third-order valence-corrected chi connectivity index (χ3v) is 5.60. The summed E-state index contributed by atoms with van der Waals surface area (Å²) in [6.07, 6.45) is 6.22. The van der Waals surface area contributed by atoms with Crippen molar-refractivity contribution in [1.82, 2.24) is 4.90 Å². The van der Waals surface area contributed by atoms with E-state index in [9.17, 15) is 4.79 Å². The maximum atomic E-state index is 12.6. The van der Waals surface area contributed by atoms with Crippen molar-refractivity contribution in [3.63, 3.8) is 0 Å². The number of nitrogens with two attached hydrogens (primary N) is 1. The average molecular weight is 362 g/mol. The lowest BCUT2D eigenvalue weighted by Gasteiger charge is -2.35. The largest absolute Gasteiger partial charge is 0.490 e. The van der Waals surface area contributed by atoms with Crippen LogP contribution in [0, 0.1) is 5.41 Å². The van der Waals surface area contributed by atoms with E-state index in [4.69, 9.17) is 10.5 Å². The Morgan fingerprint density at radius 3 is 2.54 bits per heavy atom. The van der Waals surface area contributed by atoms with Crippen molar-refractivity contribution in [2.45, 2.75) is 52.4 Å². The summed E-state index contributed by atoms with van der Waals surface area (Å²) in [7, 11) is 0. The Morgan fingerprint density at radius 2 is 1.88 bits per heavy atom. The molecule has 1 aliphatic rings. The minimum absolute atomic E-state index is 0.0269. The number of hydrogen-bond donors (Lipinski definition) is 2. The molecule has 3 N–H and O–H groups in total. The van der Waals surface area contributed by atoms with Crippen molar-refractivity contribution >= 4 is 11.6 Å². The van der Waals surface area contributed by atoms with Gasteiger partial charge in [-0.05, 0) is 50.0 Å². The van der Waals surface area contributed by atoms with E-state index in [0.717, 1.165) is 43.9 Å². The topological polar surface area (TPSA) is 67.6 Å². The van der Waals surface area contributed by atoms with Gasteiger partial charge in [0.05, 0.1) is 5.69 Å². The lowest BCUT2D eigenvalue weighted by atomic mass is 9.71. The molecule has 5 nitrogen and oxygen atoms in total. The van der Waals surface area contributed by atoms with E-state index in [1.54, 1.807) is 0 Å². The quantitative estimate of drug-likeness (QED) is 0.667. The summed E-state index contributed by atoms with van der Waals surface area (Å²) in [6, 6.07) is 7.68. The molecule has 1 aliphatic carbocycles. The smallest absolute Gasteiger partial charge is 0.225 e. The molecule has 26 heavy (non-hydrogen) atoms. The number of para-hydroxylation sites is 2. The van der Waals surface area contributed by atoms with Gasteiger partial charge in [-0.2, -0.15) is 0 Å². The predicted octanol–water partition coefficient (Wildman–Crippen LogP) is 3.65. The molecule has 1 aromatic carbocycles. The highest BCUT2D eigenvalue weighted by Gasteiger charge is 2.33. The third kappa shape index (κ3) is 5.99. The molecule has 0 spiro atoms. The molecule has 1 amide bonds. The molecular weight excluding hydrogens is 326 g/mol. The first kappa shape index (κ1) is 20.7. The lowest BCUT2D eigenvalue weighted by Crippen LogP contribution is -2.36. The summed E-state index contributed by atoms with van der Waals surface area (Å²) in [5.41, 5.74) is 6.74. The number of amides is 1. The van der Waals surface area contributed by atoms with Crippen LogP contribution in [0.5, 0.6) is 5.75 Å². The lowest BCUT2D eigenvalue weighted by molar-refractivity contribution is -0.118. The van der Waals surface area contributed by atoms with Crippen LogP contribution in [0.3, 0.4) is 0 Å². The van der Waals surface area contributed by atoms with Gasteiger partial charge in [0.15, 0.2) is 0 Å².